The number of benzene rings is 3. The molecule has 0 aliphatic heterocycles. The number of hydrogen-bond acceptors (Lipinski definition) is 6. The van der Waals surface area contributed by atoms with Crippen LogP contribution in [0.2, 0.25) is 0 Å². The number of ether oxygens (including phenoxy) is 6. The molecule has 0 aromatic heterocycles. The van der Waals surface area contributed by atoms with E-state index in [2.05, 4.69) is 18.2 Å². The normalized spacial score (nSPS) is 11.0. The molecule has 3 aromatic rings. The first kappa shape index (κ1) is 26.5. The second-order valence-electron chi connectivity index (χ2n) is 7.87. The molecule has 0 saturated carbocycles. The molecule has 6 heteroatoms. The third-order valence-corrected chi connectivity index (χ3v) is 5.52. The van der Waals surface area contributed by atoms with Crippen LogP contribution in [0, 0.1) is 0 Å². The Morgan fingerprint density at radius 3 is 1.92 bits per heavy atom. The molecule has 0 heterocycles. The van der Waals surface area contributed by atoms with E-state index < -0.39 is 0 Å². The summed E-state index contributed by atoms with van der Waals surface area (Å²) in [5.74, 6) is 4.04. The van der Waals surface area contributed by atoms with E-state index in [0.29, 0.717) is 35.4 Å². The Morgan fingerprint density at radius 1 is 0.583 bits per heavy atom. The first-order valence-corrected chi connectivity index (χ1v) is 11.7. The van der Waals surface area contributed by atoms with Gasteiger partial charge in [-0.2, -0.15) is 0 Å². The van der Waals surface area contributed by atoms with E-state index in [4.69, 9.17) is 28.4 Å². The molecule has 0 amide bonds. The average molecular weight is 491 g/mol. The van der Waals surface area contributed by atoms with Crippen LogP contribution in [-0.4, -0.2) is 42.2 Å². The predicted octanol–water partition coefficient (Wildman–Crippen LogP) is 6.77. The third-order valence-electron chi connectivity index (χ3n) is 5.52. The molecular formula is C30H34O6. The summed E-state index contributed by atoms with van der Waals surface area (Å²) >= 11 is 0. The smallest absolute Gasteiger partial charge is 0.203 e. The Balaban J connectivity index is 1.62. The van der Waals surface area contributed by atoms with Gasteiger partial charge < -0.3 is 28.4 Å². The molecule has 0 fully saturated rings. The largest absolute Gasteiger partial charge is 0.497 e. The maximum Gasteiger partial charge on any atom is 0.203 e. The van der Waals surface area contributed by atoms with Crippen molar-refractivity contribution in [3.05, 3.63) is 77.4 Å². The zero-order chi connectivity index (χ0) is 25.8. The fraction of sp³-hybridized carbons (Fsp3) is 0.267. The molecule has 0 bridgehead atoms. The molecule has 0 N–H and O–H groups in total. The number of rotatable bonds is 13. The van der Waals surface area contributed by atoms with Gasteiger partial charge in [-0.25, -0.2) is 0 Å². The molecule has 0 aliphatic rings. The van der Waals surface area contributed by atoms with Gasteiger partial charge in [-0.05, 0) is 65.9 Å². The zero-order valence-corrected chi connectivity index (χ0v) is 21.6. The van der Waals surface area contributed by atoms with E-state index in [0.717, 1.165) is 35.3 Å². The van der Waals surface area contributed by atoms with Crippen molar-refractivity contribution in [2.24, 2.45) is 0 Å². The predicted molar refractivity (Wildman–Crippen MR) is 145 cm³/mol. The van der Waals surface area contributed by atoms with Crippen LogP contribution in [-0.2, 0) is 0 Å². The van der Waals surface area contributed by atoms with Crippen LogP contribution >= 0.6 is 0 Å². The second-order valence-corrected chi connectivity index (χ2v) is 7.87. The molecule has 0 saturated heterocycles. The topological polar surface area (TPSA) is 55.4 Å². The van der Waals surface area contributed by atoms with E-state index in [9.17, 15) is 0 Å². The molecule has 36 heavy (non-hydrogen) atoms. The van der Waals surface area contributed by atoms with Gasteiger partial charge in [0.1, 0.15) is 5.75 Å². The molecule has 190 valence electrons. The maximum absolute atomic E-state index is 6.04. The minimum absolute atomic E-state index is 0.565. The quantitative estimate of drug-likeness (QED) is 0.195. The summed E-state index contributed by atoms with van der Waals surface area (Å²) in [6.45, 7) is 0.582. The van der Waals surface area contributed by atoms with Crippen molar-refractivity contribution in [2.75, 3.05) is 42.2 Å². The van der Waals surface area contributed by atoms with Gasteiger partial charge in [-0.1, -0.05) is 42.5 Å². The van der Waals surface area contributed by atoms with E-state index in [1.54, 1.807) is 35.5 Å². The van der Waals surface area contributed by atoms with E-state index in [-0.39, 0.29) is 0 Å². The molecular weight excluding hydrogens is 456 g/mol. The van der Waals surface area contributed by atoms with Crippen molar-refractivity contribution < 1.29 is 28.4 Å². The molecule has 0 radical (unpaired) electrons. The molecule has 0 aliphatic carbocycles. The van der Waals surface area contributed by atoms with E-state index in [1.807, 2.05) is 60.7 Å². The van der Waals surface area contributed by atoms with Crippen LogP contribution in [0.4, 0.5) is 0 Å². The van der Waals surface area contributed by atoms with Gasteiger partial charge in [0.15, 0.2) is 23.0 Å². The van der Waals surface area contributed by atoms with Gasteiger partial charge in [0, 0.05) is 0 Å². The lowest BCUT2D eigenvalue weighted by atomic mass is 10.1. The summed E-state index contributed by atoms with van der Waals surface area (Å²) in [5.41, 5.74) is 3.02. The van der Waals surface area contributed by atoms with Crippen LogP contribution in [0.25, 0.3) is 18.2 Å². The van der Waals surface area contributed by atoms with Gasteiger partial charge in [0.2, 0.25) is 5.75 Å². The van der Waals surface area contributed by atoms with Crippen molar-refractivity contribution in [1.82, 2.24) is 0 Å². The van der Waals surface area contributed by atoms with Crippen LogP contribution in [0.1, 0.15) is 29.5 Å². The summed E-state index contributed by atoms with van der Waals surface area (Å²) < 4.78 is 33.1. The lowest BCUT2D eigenvalue weighted by Gasteiger charge is -2.13. The van der Waals surface area contributed by atoms with Crippen LogP contribution in [0.3, 0.4) is 0 Å². The second kappa shape index (κ2) is 13.7. The van der Waals surface area contributed by atoms with Crippen LogP contribution < -0.4 is 28.4 Å². The highest BCUT2D eigenvalue weighted by molar-refractivity contribution is 5.73. The lowest BCUT2D eigenvalue weighted by molar-refractivity contribution is 0.290. The Morgan fingerprint density at radius 2 is 1.25 bits per heavy atom. The molecule has 3 rings (SSSR count). The average Bonchev–Trinajstić information content (AvgIpc) is 2.93. The zero-order valence-electron chi connectivity index (χ0n) is 21.6. The van der Waals surface area contributed by atoms with Crippen LogP contribution in [0.5, 0.6) is 34.5 Å². The van der Waals surface area contributed by atoms with Gasteiger partial charge >= 0.3 is 0 Å². The van der Waals surface area contributed by atoms with Gasteiger partial charge in [-0.15, -0.1) is 0 Å². The van der Waals surface area contributed by atoms with Crippen molar-refractivity contribution >= 4 is 18.2 Å². The molecule has 0 atom stereocenters. The summed E-state index contributed by atoms with van der Waals surface area (Å²) in [4.78, 5) is 0. The summed E-state index contributed by atoms with van der Waals surface area (Å²) in [6.07, 6.45) is 10.0. The Labute approximate surface area is 213 Å². The highest BCUT2D eigenvalue weighted by Crippen LogP contribution is 2.38. The molecule has 6 nitrogen and oxygen atoms in total. The minimum Gasteiger partial charge on any atom is -0.497 e. The molecule has 0 spiro atoms. The Hall–Kier alpha value is -4.06. The van der Waals surface area contributed by atoms with Crippen molar-refractivity contribution in [3.63, 3.8) is 0 Å². The molecule has 3 aromatic carbocycles. The van der Waals surface area contributed by atoms with Gasteiger partial charge in [-0.3, -0.25) is 0 Å². The third kappa shape index (κ3) is 7.22. The summed E-state index contributed by atoms with van der Waals surface area (Å²) in [6, 6.07) is 17.6. The van der Waals surface area contributed by atoms with E-state index >= 15 is 0 Å². The maximum atomic E-state index is 6.04. The van der Waals surface area contributed by atoms with Gasteiger partial charge in [0.25, 0.3) is 0 Å². The number of allylic oxidation sites excluding steroid dienone is 1. The standard InChI is InChI=1S/C30H34O6/c1-31-25-12-9-11-22(18-25)10-7-6-8-17-36-27-19-23(15-16-26(27)32-2)13-14-24-20-28(33-3)30(35-5)29(21-24)34-4/h7,9-16,18-21H,6,8,17H2,1-5H3/b10-7+,14-13-. The first-order valence-electron chi connectivity index (χ1n) is 11.7. The fourth-order valence-corrected chi connectivity index (χ4v) is 3.65. The van der Waals surface area contributed by atoms with Crippen LogP contribution in [0.15, 0.2) is 60.7 Å². The minimum atomic E-state index is 0.565. The number of hydrogen-bond donors (Lipinski definition) is 0. The van der Waals surface area contributed by atoms with Crippen molar-refractivity contribution in [2.45, 2.75) is 12.8 Å². The highest BCUT2D eigenvalue weighted by Gasteiger charge is 2.12. The Bertz CT molecular complexity index is 1160. The monoisotopic (exact) mass is 490 g/mol. The lowest BCUT2D eigenvalue weighted by Crippen LogP contribution is -1.99. The summed E-state index contributed by atoms with van der Waals surface area (Å²) in [7, 11) is 8.11. The number of unbranched alkanes of at least 4 members (excludes halogenated alkanes) is 1. The van der Waals surface area contributed by atoms with Gasteiger partial charge in [0.05, 0.1) is 42.2 Å². The van der Waals surface area contributed by atoms with Crippen molar-refractivity contribution in [3.8, 4) is 34.5 Å². The fourth-order valence-electron chi connectivity index (χ4n) is 3.65. The number of methoxy groups -OCH3 is 5. The van der Waals surface area contributed by atoms with E-state index in [1.165, 1.54) is 0 Å². The Kier molecular flexibility index (Phi) is 10.1. The molecule has 0 unspecified atom stereocenters. The first-order chi connectivity index (χ1) is 17.6. The highest BCUT2D eigenvalue weighted by atomic mass is 16.5. The summed E-state index contributed by atoms with van der Waals surface area (Å²) in [5, 5.41) is 0. The van der Waals surface area contributed by atoms with Crippen molar-refractivity contribution in [1.29, 1.82) is 0 Å². The SMILES string of the molecule is COc1cccc(/C=C/CCCOc2cc(/C=C\c3cc(OC)c(OC)c(OC)c3)ccc2OC)c1.